The van der Waals surface area contributed by atoms with Crippen molar-refractivity contribution >= 4 is 11.6 Å². The minimum atomic E-state index is -4.73. The van der Waals surface area contributed by atoms with Gasteiger partial charge in [-0.2, -0.15) is 18.4 Å². The minimum absolute atomic E-state index is 0.353. The Morgan fingerprint density at radius 1 is 1.50 bits per heavy atom. The maximum Gasteiger partial charge on any atom is 0.415 e. The molecular weight excluding hydrogens is 299 g/mol. The number of nitrogens with one attached hydrogen (secondary N) is 1. The summed E-state index contributed by atoms with van der Waals surface area (Å²) >= 11 is 0. The molecule has 1 aromatic carbocycles. The van der Waals surface area contributed by atoms with E-state index >= 15 is 0 Å². The van der Waals surface area contributed by atoms with Gasteiger partial charge in [0.1, 0.15) is 0 Å². The Hall–Kier alpha value is -2.11. The number of rotatable bonds is 5. The normalized spacial score (nSPS) is 14.3. The average molecular weight is 315 g/mol. The van der Waals surface area contributed by atoms with Crippen LogP contribution in [-0.2, 0) is 4.79 Å². The number of anilines is 1. The maximum atomic E-state index is 12.3. The largest absolute Gasteiger partial charge is 0.415 e. The Morgan fingerprint density at radius 2 is 2.14 bits per heavy atom. The number of halogens is 3. The van der Waals surface area contributed by atoms with E-state index in [1.54, 1.807) is 18.2 Å². The third-order valence-electron chi connectivity index (χ3n) is 3.14. The number of nitrogens with zero attached hydrogens (tertiary/aromatic N) is 2. The van der Waals surface area contributed by atoms with E-state index < -0.39 is 30.8 Å². The number of aliphatic hydroxyl groups is 1. The molecule has 1 amide bonds. The van der Waals surface area contributed by atoms with Crippen LogP contribution in [0.3, 0.4) is 0 Å². The second kappa shape index (κ2) is 7.24. The van der Waals surface area contributed by atoms with Gasteiger partial charge in [-0.25, -0.2) is 0 Å². The molecule has 0 fully saturated rings. The molecule has 0 aliphatic heterocycles. The lowest BCUT2D eigenvalue weighted by molar-refractivity contribution is -0.208. The van der Waals surface area contributed by atoms with Crippen molar-refractivity contribution in [2.45, 2.75) is 25.2 Å². The second-order valence-electron chi connectivity index (χ2n) is 4.85. The topological polar surface area (TPSA) is 76.4 Å². The van der Waals surface area contributed by atoms with E-state index in [0.717, 1.165) is 4.90 Å². The highest BCUT2D eigenvalue weighted by atomic mass is 19.4. The molecule has 1 rings (SSSR count). The summed E-state index contributed by atoms with van der Waals surface area (Å²) in [5, 5.41) is 20.3. The number of carbonyl (C=O) groups excluding carboxylic acids is 1. The fraction of sp³-hybridized carbons (Fsp3) is 0.429. The SMILES string of the molecule is CC(C(=O)Nc1cccc(C#N)c1)N(C)CC(O)C(F)(F)F. The lowest BCUT2D eigenvalue weighted by Gasteiger charge is -2.27. The van der Waals surface area contributed by atoms with Gasteiger partial charge >= 0.3 is 6.18 Å². The molecule has 0 aliphatic rings. The van der Waals surface area contributed by atoms with Gasteiger partial charge in [0.15, 0.2) is 6.10 Å². The fourth-order valence-electron chi connectivity index (χ4n) is 1.65. The zero-order chi connectivity index (χ0) is 16.9. The average Bonchev–Trinajstić information content (AvgIpc) is 2.45. The van der Waals surface area contributed by atoms with Crippen LogP contribution in [0.4, 0.5) is 18.9 Å². The predicted molar refractivity (Wildman–Crippen MR) is 73.9 cm³/mol. The van der Waals surface area contributed by atoms with Gasteiger partial charge in [-0.1, -0.05) is 6.07 Å². The molecule has 22 heavy (non-hydrogen) atoms. The first kappa shape index (κ1) is 17.9. The third kappa shape index (κ3) is 5.02. The number of carbonyl (C=O) groups is 1. The molecule has 2 unspecified atom stereocenters. The van der Waals surface area contributed by atoms with Crippen LogP contribution in [0.2, 0.25) is 0 Å². The number of hydrogen-bond donors (Lipinski definition) is 2. The molecule has 2 atom stereocenters. The van der Waals surface area contributed by atoms with Crippen molar-refractivity contribution in [2.75, 3.05) is 18.9 Å². The first-order valence-electron chi connectivity index (χ1n) is 6.41. The van der Waals surface area contributed by atoms with Crippen molar-refractivity contribution in [3.05, 3.63) is 29.8 Å². The Kier molecular flexibility index (Phi) is 5.91. The summed E-state index contributed by atoms with van der Waals surface area (Å²) in [6.45, 7) is 0.711. The molecule has 0 bridgehead atoms. The Balaban J connectivity index is 2.66. The summed E-state index contributed by atoms with van der Waals surface area (Å²) in [5.74, 6) is -0.535. The predicted octanol–water partition coefficient (Wildman–Crippen LogP) is 1.74. The minimum Gasteiger partial charge on any atom is -0.382 e. The molecule has 0 aliphatic carbocycles. The van der Waals surface area contributed by atoms with Crippen LogP contribution in [0.25, 0.3) is 0 Å². The number of alkyl halides is 3. The summed E-state index contributed by atoms with van der Waals surface area (Å²) in [7, 11) is 1.31. The summed E-state index contributed by atoms with van der Waals surface area (Å²) in [6, 6.07) is 7.19. The van der Waals surface area contributed by atoms with Crippen LogP contribution in [0.5, 0.6) is 0 Å². The van der Waals surface area contributed by atoms with Crippen LogP contribution in [0, 0.1) is 11.3 Å². The van der Waals surface area contributed by atoms with Crippen molar-refractivity contribution in [1.29, 1.82) is 5.26 Å². The fourth-order valence-corrected chi connectivity index (χ4v) is 1.65. The van der Waals surface area contributed by atoms with Crippen LogP contribution in [0.1, 0.15) is 12.5 Å². The molecule has 0 spiro atoms. The Labute approximate surface area is 126 Å². The Morgan fingerprint density at radius 3 is 2.68 bits per heavy atom. The highest BCUT2D eigenvalue weighted by molar-refractivity contribution is 5.94. The van der Waals surface area contributed by atoms with Gasteiger partial charge in [-0.15, -0.1) is 0 Å². The van der Waals surface area contributed by atoms with Crippen LogP contribution in [0.15, 0.2) is 24.3 Å². The van der Waals surface area contributed by atoms with Crippen LogP contribution < -0.4 is 5.32 Å². The van der Waals surface area contributed by atoms with E-state index in [4.69, 9.17) is 10.4 Å². The molecule has 0 saturated heterocycles. The van der Waals surface area contributed by atoms with E-state index in [1.807, 2.05) is 6.07 Å². The molecule has 1 aromatic rings. The van der Waals surface area contributed by atoms with Crippen molar-refractivity contribution in [3.8, 4) is 6.07 Å². The summed E-state index contributed by atoms with van der Waals surface area (Å²) < 4.78 is 36.9. The second-order valence-corrected chi connectivity index (χ2v) is 4.85. The Bertz CT molecular complexity index is 569. The van der Waals surface area contributed by atoms with Crippen molar-refractivity contribution in [3.63, 3.8) is 0 Å². The highest BCUT2D eigenvalue weighted by Crippen LogP contribution is 2.21. The van der Waals surface area contributed by atoms with Crippen molar-refractivity contribution in [2.24, 2.45) is 0 Å². The van der Waals surface area contributed by atoms with E-state index in [0.29, 0.717) is 11.3 Å². The van der Waals surface area contributed by atoms with Gasteiger partial charge in [0.2, 0.25) is 5.91 Å². The number of benzene rings is 1. The smallest absolute Gasteiger partial charge is 0.382 e. The van der Waals surface area contributed by atoms with Gasteiger partial charge < -0.3 is 10.4 Å². The van der Waals surface area contributed by atoms with Gasteiger partial charge in [0.05, 0.1) is 17.7 Å². The van der Waals surface area contributed by atoms with E-state index in [2.05, 4.69) is 5.32 Å². The van der Waals surface area contributed by atoms with Crippen molar-refractivity contribution < 1.29 is 23.1 Å². The molecule has 0 heterocycles. The number of aliphatic hydroxyl groups excluding tert-OH is 1. The quantitative estimate of drug-likeness (QED) is 0.868. The first-order valence-corrected chi connectivity index (χ1v) is 6.41. The molecule has 2 N–H and O–H groups in total. The zero-order valence-corrected chi connectivity index (χ0v) is 12.1. The molecule has 0 aromatic heterocycles. The van der Waals surface area contributed by atoms with Crippen LogP contribution in [-0.4, -0.2) is 47.8 Å². The highest BCUT2D eigenvalue weighted by Gasteiger charge is 2.39. The van der Waals surface area contributed by atoms with Crippen LogP contribution >= 0.6 is 0 Å². The number of likely N-dealkylation sites (N-methyl/N-ethyl adjacent to an activating group) is 1. The van der Waals surface area contributed by atoms with E-state index in [9.17, 15) is 18.0 Å². The monoisotopic (exact) mass is 315 g/mol. The van der Waals surface area contributed by atoms with E-state index in [1.165, 1.54) is 20.0 Å². The maximum absolute atomic E-state index is 12.3. The molecule has 5 nitrogen and oxygen atoms in total. The zero-order valence-electron chi connectivity index (χ0n) is 12.1. The molecule has 8 heteroatoms. The number of amides is 1. The molecular formula is C14H16F3N3O2. The van der Waals surface area contributed by atoms with Gasteiger partial charge in [-0.3, -0.25) is 9.69 Å². The van der Waals surface area contributed by atoms with Gasteiger partial charge in [0, 0.05) is 12.2 Å². The van der Waals surface area contributed by atoms with Crippen molar-refractivity contribution in [1.82, 2.24) is 4.90 Å². The first-order chi connectivity index (χ1) is 10.1. The third-order valence-corrected chi connectivity index (χ3v) is 3.14. The number of nitriles is 1. The standard InChI is InChI=1S/C14H16F3N3O2/c1-9(20(2)8-12(21)14(15,16)17)13(22)19-11-5-3-4-10(6-11)7-18/h3-6,9,12,21H,8H2,1-2H3,(H,19,22). The summed E-state index contributed by atoms with van der Waals surface area (Å²) in [5.41, 5.74) is 0.729. The summed E-state index contributed by atoms with van der Waals surface area (Å²) in [6.07, 6.45) is -7.25. The lowest BCUT2D eigenvalue weighted by atomic mass is 10.2. The van der Waals surface area contributed by atoms with Gasteiger partial charge in [0.25, 0.3) is 0 Å². The van der Waals surface area contributed by atoms with Gasteiger partial charge in [-0.05, 0) is 32.2 Å². The molecule has 120 valence electrons. The number of hydrogen-bond acceptors (Lipinski definition) is 4. The molecule has 0 saturated carbocycles. The molecule has 0 radical (unpaired) electrons. The summed E-state index contributed by atoms with van der Waals surface area (Å²) in [4.78, 5) is 13.1. The van der Waals surface area contributed by atoms with E-state index in [-0.39, 0.29) is 0 Å². The lowest BCUT2D eigenvalue weighted by Crippen LogP contribution is -2.46.